The van der Waals surface area contributed by atoms with E-state index in [-0.39, 0.29) is 17.7 Å². The van der Waals surface area contributed by atoms with Crippen molar-refractivity contribution in [1.82, 2.24) is 14.9 Å². The molecular weight excluding hydrogens is 374 g/mol. The maximum atomic E-state index is 12.7. The van der Waals surface area contributed by atoms with E-state index < -0.39 is 0 Å². The Balaban J connectivity index is 1.70. The molecule has 1 saturated heterocycles. The SMILES string of the molecule is CCOC(=O)N1CCN(c2cc(C(=O)Nc3cccc(OC)c3)nc(C)n2)CC1. The first-order valence-electron chi connectivity index (χ1n) is 9.48. The molecule has 0 unspecified atom stereocenters. The Morgan fingerprint density at radius 3 is 2.59 bits per heavy atom. The van der Waals surface area contributed by atoms with Crippen LogP contribution in [0.25, 0.3) is 0 Å². The Kier molecular flexibility index (Phi) is 6.48. The first kappa shape index (κ1) is 20.4. The molecule has 0 bridgehead atoms. The second-order valence-electron chi connectivity index (χ2n) is 6.52. The average Bonchev–Trinajstić information content (AvgIpc) is 2.73. The van der Waals surface area contributed by atoms with Gasteiger partial charge in [0.1, 0.15) is 23.1 Å². The lowest BCUT2D eigenvalue weighted by Crippen LogP contribution is -2.49. The minimum absolute atomic E-state index is 0.281. The van der Waals surface area contributed by atoms with Crippen molar-refractivity contribution < 1.29 is 19.1 Å². The fourth-order valence-electron chi connectivity index (χ4n) is 3.06. The first-order valence-corrected chi connectivity index (χ1v) is 9.48. The molecule has 2 amide bonds. The Morgan fingerprint density at radius 2 is 1.90 bits per heavy atom. The number of piperazine rings is 1. The van der Waals surface area contributed by atoms with Gasteiger partial charge in [0, 0.05) is 44.0 Å². The fourth-order valence-corrected chi connectivity index (χ4v) is 3.06. The summed E-state index contributed by atoms with van der Waals surface area (Å²) in [6.07, 6.45) is -0.302. The Labute approximate surface area is 169 Å². The summed E-state index contributed by atoms with van der Waals surface area (Å²) in [5, 5.41) is 2.83. The molecule has 1 aromatic carbocycles. The Bertz CT molecular complexity index is 881. The van der Waals surface area contributed by atoms with Crippen LogP contribution in [-0.4, -0.2) is 66.8 Å². The fraction of sp³-hybridized carbons (Fsp3) is 0.400. The van der Waals surface area contributed by atoms with Gasteiger partial charge in [-0.05, 0) is 26.0 Å². The lowest BCUT2D eigenvalue weighted by atomic mass is 10.2. The van der Waals surface area contributed by atoms with Crippen molar-refractivity contribution in [3.05, 3.63) is 41.9 Å². The summed E-state index contributed by atoms with van der Waals surface area (Å²) in [4.78, 5) is 37.0. The van der Waals surface area contributed by atoms with Crippen LogP contribution in [0, 0.1) is 6.92 Å². The van der Waals surface area contributed by atoms with E-state index in [0.717, 1.165) is 0 Å². The normalized spacial score (nSPS) is 13.8. The quantitative estimate of drug-likeness (QED) is 0.824. The molecule has 1 aliphatic heterocycles. The molecule has 1 N–H and O–H groups in total. The number of nitrogens with one attached hydrogen (secondary N) is 1. The number of benzene rings is 1. The molecule has 0 saturated carbocycles. The standard InChI is InChI=1S/C20H25N5O4/c1-4-29-20(27)25-10-8-24(9-11-25)18-13-17(21-14(2)22-18)19(26)23-15-6-5-7-16(12-15)28-3/h5-7,12-13H,4,8-11H2,1-3H3,(H,23,26). The third-order valence-electron chi connectivity index (χ3n) is 4.51. The summed E-state index contributed by atoms with van der Waals surface area (Å²) in [6.45, 7) is 6.17. The highest BCUT2D eigenvalue weighted by Gasteiger charge is 2.23. The zero-order valence-corrected chi connectivity index (χ0v) is 16.8. The van der Waals surface area contributed by atoms with Crippen molar-refractivity contribution in [3.63, 3.8) is 0 Å². The highest BCUT2D eigenvalue weighted by molar-refractivity contribution is 6.03. The molecule has 0 spiro atoms. The number of hydrogen-bond acceptors (Lipinski definition) is 7. The smallest absolute Gasteiger partial charge is 0.409 e. The van der Waals surface area contributed by atoms with Crippen molar-refractivity contribution in [2.75, 3.05) is 50.1 Å². The van der Waals surface area contributed by atoms with E-state index in [4.69, 9.17) is 9.47 Å². The van der Waals surface area contributed by atoms with E-state index in [0.29, 0.717) is 55.9 Å². The lowest BCUT2D eigenvalue weighted by Gasteiger charge is -2.34. The second kappa shape index (κ2) is 9.22. The van der Waals surface area contributed by atoms with E-state index in [1.165, 1.54) is 0 Å². The number of amides is 2. The predicted molar refractivity (Wildman–Crippen MR) is 109 cm³/mol. The van der Waals surface area contributed by atoms with Gasteiger partial charge < -0.3 is 24.6 Å². The minimum atomic E-state index is -0.324. The number of anilines is 2. The number of hydrogen-bond donors (Lipinski definition) is 1. The van der Waals surface area contributed by atoms with E-state index in [9.17, 15) is 9.59 Å². The minimum Gasteiger partial charge on any atom is -0.497 e. The Morgan fingerprint density at radius 1 is 1.14 bits per heavy atom. The van der Waals surface area contributed by atoms with Gasteiger partial charge >= 0.3 is 6.09 Å². The molecule has 9 nitrogen and oxygen atoms in total. The molecule has 29 heavy (non-hydrogen) atoms. The van der Waals surface area contributed by atoms with Crippen LogP contribution in [0.15, 0.2) is 30.3 Å². The highest BCUT2D eigenvalue weighted by atomic mass is 16.6. The molecule has 0 atom stereocenters. The molecule has 2 heterocycles. The molecule has 9 heteroatoms. The van der Waals surface area contributed by atoms with Crippen LogP contribution in [-0.2, 0) is 4.74 Å². The second-order valence-corrected chi connectivity index (χ2v) is 6.52. The van der Waals surface area contributed by atoms with E-state index in [2.05, 4.69) is 15.3 Å². The van der Waals surface area contributed by atoms with E-state index in [1.54, 1.807) is 56.2 Å². The molecule has 0 radical (unpaired) electrons. The van der Waals surface area contributed by atoms with Gasteiger partial charge in [-0.25, -0.2) is 14.8 Å². The maximum Gasteiger partial charge on any atom is 0.409 e. The number of rotatable bonds is 5. The maximum absolute atomic E-state index is 12.7. The third-order valence-corrected chi connectivity index (χ3v) is 4.51. The topological polar surface area (TPSA) is 96.9 Å². The van der Waals surface area contributed by atoms with Crippen LogP contribution in [0.5, 0.6) is 5.75 Å². The number of ether oxygens (including phenoxy) is 2. The monoisotopic (exact) mass is 399 g/mol. The van der Waals surface area contributed by atoms with Gasteiger partial charge in [0.15, 0.2) is 0 Å². The molecule has 154 valence electrons. The third kappa shape index (κ3) is 5.13. The summed E-state index contributed by atoms with van der Waals surface area (Å²) >= 11 is 0. The number of aromatic nitrogens is 2. The van der Waals surface area contributed by atoms with Gasteiger partial charge in [-0.1, -0.05) is 6.07 Å². The average molecular weight is 399 g/mol. The summed E-state index contributed by atoms with van der Waals surface area (Å²) < 4.78 is 10.2. The molecular formula is C20H25N5O4. The number of nitrogens with zero attached hydrogens (tertiary/aromatic N) is 4. The van der Waals surface area contributed by atoms with E-state index in [1.807, 2.05) is 4.90 Å². The van der Waals surface area contributed by atoms with Gasteiger partial charge in [-0.15, -0.1) is 0 Å². The zero-order valence-electron chi connectivity index (χ0n) is 16.8. The summed E-state index contributed by atoms with van der Waals surface area (Å²) in [5.41, 5.74) is 0.901. The van der Waals surface area contributed by atoms with Crippen molar-refractivity contribution in [2.24, 2.45) is 0 Å². The van der Waals surface area contributed by atoms with Crippen molar-refractivity contribution in [3.8, 4) is 5.75 Å². The van der Waals surface area contributed by atoms with Crippen molar-refractivity contribution in [1.29, 1.82) is 0 Å². The van der Waals surface area contributed by atoms with Crippen LogP contribution in [0.2, 0.25) is 0 Å². The van der Waals surface area contributed by atoms with Crippen molar-refractivity contribution >= 4 is 23.5 Å². The predicted octanol–water partition coefficient (Wildman–Crippen LogP) is 2.32. The van der Waals surface area contributed by atoms with Crippen LogP contribution in [0.3, 0.4) is 0 Å². The molecule has 1 fully saturated rings. The van der Waals surface area contributed by atoms with Crippen molar-refractivity contribution in [2.45, 2.75) is 13.8 Å². The number of methoxy groups -OCH3 is 1. The Hall–Kier alpha value is -3.36. The number of aryl methyl sites for hydroxylation is 1. The van der Waals surface area contributed by atoms with Gasteiger partial charge in [-0.3, -0.25) is 4.79 Å². The summed E-state index contributed by atoms with van der Waals surface area (Å²) in [5.74, 6) is 1.50. The van der Waals surface area contributed by atoms with Gasteiger partial charge in [0.05, 0.1) is 13.7 Å². The van der Waals surface area contributed by atoms with Gasteiger partial charge in [0.25, 0.3) is 5.91 Å². The highest BCUT2D eigenvalue weighted by Crippen LogP contribution is 2.19. The largest absolute Gasteiger partial charge is 0.497 e. The molecule has 0 aliphatic carbocycles. The van der Waals surface area contributed by atoms with Gasteiger partial charge in [0.2, 0.25) is 0 Å². The number of carbonyl (C=O) groups is 2. The van der Waals surface area contributed by atoms with Gasteiger partial charge in [-0.2, -0.15) is 0 Å². The summed E-state index contributed by atoms with van der Waals surface area (Å²) in [6, 6.07) is 8.79. The first-order chi connectivity index (χ1) is 14.0. The van der Waals surface area contributed by atoms with Crippen LogP contribution in [0.4, 0.5) is 16.3 Å². The zero-order chi connectivity index (χ0) is 20.8. The molecule has 3 rings (SSSR count). The molecule has 1 aromatic heterocycles. The number of carbonyl (C=O) groups excluding carboxylic acids is 2. The lowest BCUT2D eigenvalue weighted by molar-refractivity contribution is 0.102. The van der Waals surface area contributed by atoms with Crippen LogP contribution >= 0.6 is 0 Å². The summed E-state index contributed by atoms with van der Waals surface area (Å²) in [7, 11) is 1.57. The van der Waals surface area contributed by atoms with Crippen LogP contribution < -0.4 is 15.0 Å². The molecule has 2 aromatic rings. The van der Waals surface area contributed by atoms with Crippen LogP contribution in [0.1, 0.15) is 23.2 Å². The molecule has 1 aliphatic rings. The van der Waals surface area contributed by atoms with E-state index >= 15 is 0 Å².